The van der Waals surface area contributed by atoms with E-state index in [4.69, 9.17) is 5.11 Å². The van der Waals surface area contributed by atoms with E-state index in [0.29, 0.717) is 12.1 Å². The molecule has 0 bridgehead atoms. The van der Waals surface area contributed by atoms with Gasteiger partial charge in [0.25, 0.3) is 0 Å². The zero-order chi connectivity index (χ0) is 13.1. The van der Waals surface area contributed by atoms with Crippen LogP contribution in [-0.2, 0) is 17.6 Å². The van der Waals surface area contributed by atoms with Gasteiger partial charge in [-0.05, 0) is 25.0 Å². The standard InChI is InChI=1S/C14H16N2O2/c1-9-3-4-11(10(2)5-9)6-13-15-8-12(16-13)7-14(17)18/h3-5,8H,6-7H2,1-2H3,(H,15,16)(H,17,18). The average molecular weight is 244 g/mol. The lowest BCUT2D eigenvalue weighted by molar-refractivity contribution is -0.136. The Bertz CT molecular complexity index is 573. The van der Waals surface area contributed by atoms with Crippen molar-refractivity contribution in [1.82, 2.24) is 9.97 Å². The Morgan fingerprint density at radius 2 is 2.17 bits per heavy atom. The van der Waals surface area contributed by atoms with E-state index in [0.717, 1.165) is 5.82 Å². The highest BCUT2D eigenvalue weighted by molar-refractivity contribution is 5.69. The van der Waals surface area contributed by atoms with E-state index in [1.165, 1.54) is 16.7 Å². The van der Waals surface area contributed by atoms with Crippen molar-refractivity contribution in [3.63, 3.8) is 0 Å². The number of aromatic nitrogens is 2. The maximum absolute atomic E-state index is 10.6. The molecule has 1 heterocycles. The normalized spacial score (nSPS) is 10.6. The number of aryl methyl sites for hydroxylation is 2. The summed E-state index contributed by atoms with van der Waals surface area (Å²) in [6, 6.07) is 6.30. The summed E-state index contributed by atoms with van der Waals surface area (Å²) in [6.07, 6.45) is 2.28. The summed E-state index contributed by atoms with van der Waals surface area (Å²) < 4.78 is 0. The van der Waals surface area contributed by atoms with Gasteiger partial charge in [0.15, 0.2) is 0 Å². The Labute approximate surface area is 106 Å². The Morgan fingerprint density at radius 3 is 2.83 bits per heavy atom. The number of H-pyrrole nitrogens is 1. The zero-order valence-electron chi connectivity index (χ0n) is 10.5. The lowest BCUT2D eigenvalue weighted by Gasteiger charge is -2.04. The minimum Gasteiger partial charge on any atom is -0.481 e. The highest BCUT2D eigenvalue weighted by atomic mass is 16.4. The van der Waals surface area contributed by atoms with Crippen LogP contribution in [0.4, 0.5) is 0 Å². The number of imidazole rings is 1. The maximum Gasteiger partial charge on any atom is 0.309 e. The molecule has 1 aromatic carbocycles. The number of benzene rings is 1. The minimum atomic E-state index is -0.850. The molecule has 94 valence electrons. The van der Waals surface area contributed by atoms with Gasteiger partial charge in [0.05, 0.1) is 6.42 Å². The van der Waals surface area contributed by atoms with Crippen molar-refractivity contribution in [3.8, 4) is 0 Å². The molecule has 0 atom stereocenters. The van der Waals surface area contributed by atoms with Crippen LogP contribution in [0.5, 0.6) is 0 Å². The van der Waals surface area contributed by atoms with Gasteiger partial charge in [0, 0.05) is 18.3 Å². The SMILES string of the molecule is Cc1ccc(Cc2ncc(CC(=O)O)[nH]2)c(C)c1. The minimum absolute atomic E-state index is 0.0140. The van der Waals surface area contributed by atoms with E-state index >= 15 is 0 Å². The van der Waals surface area contributed by atoms with Crippen molar-refractivity contribution in [3.05, 3.63) is 52.6 Å². The number of aliphatic carboxylic acids is 1. The predicted octanol–water partition coefficient (Wildman–Crippen LogP) is 2.24. The van der Waals surface area contributed by atoms with Gasteiger partial charge in [-0.25, -0.2) is 4.98 Å². The van der Waals surface area contributed by atoms with Crippen molar-refractivity contribution in [2.75, 3.05) is 0 Å². The van der Waals surface area contributed by atoms with Crippen molar-refractivity contribution in [2.24, 2.45) is 0 Å². The van der Waals surface area contributed by atoms with Gasteiger partial charge in [0.1, 0.15) is 5.82 Å². The van der Waals surface area contributed by atoms with Crippen LogP contribution in [0.3, 0.4) is 0 Å². The highest BCUT2D eigenvalue weighted by Crippen LogP contribution is 2.14. The fourth-order valence-corrected chi connectivity index (χ4v) is 1.97. The number of hydrogen-bond donors (Lipinski definition) is 2. The number of aromatic amines is 1. The second-order valence-corrected chi connectivity index (χ2v) is 4.53. The molecule has 0 aliphatic rings. The van der Waals surface area contributed by atoms with E-state index in [1.54, 1.807) is 6.20 Å². The summed E-state index contributed by atoms with van der Waals surface area (Å²) in [6.45, 7) is 4.14. The van der Waals surface area contributed by atoms with Gasteiger partial charge in [-0.2, -0.15) is 0 Å². The number of nitrogens with zero attached hydrogens (tertiary/aromatic N) is 1. The van der Waals surface area contributed by atoms with Crippen molar-refractivity contribution < 1.29 is 9.90 Å². The lowest BCUT2D eigenvalue weighted by Crippen LogP contribution is -2.00. The van der Waals surface area contributed by atoms with Crippen LogP contribution in [0.25, 0.3) is 0 Å². The molecule has 4 nitrogen and oxygen atoms in total. The first-order valence-electron chi connectivity index (χ1n) is 5.85. The van der Waals surface area contributed by atoms with Crippen molar-refractivity contribution >= 4 is 5.97 Å². The number of carbonyl (C=O) groups is 1. The third-order valence-corrected chi connectivity index (χ3v) is 2.88. The zero-order valence-corrected chi connectivity index (χ0v) is 10.5. The van der Waals surface area contributed by atoms with Gasteiger partial charge >= 0.3 is 5.97 Å². The topological polar surface area (TPSA) is 66.0 Å². The van der Waals surface area contributed by atoms with E-state index in [9.17, 15) is 4.79 Å². The van der Waals surface area contributed by atoms with Gasteiger partial charge in [-0.15, -0.1) is 0 Å². The molecule has 18 heavy (non-hydrogen) atoms. The van der Waals surface area contributed by atoms with Gasteiger partial charge in [-0.1, -0.05) is 23.8 Å². The molecular formula is C14H16N2O2. The second kappa shape index (κ2) is 5.04. The van der Waals surface area contributed by atoms with Crippen molar-refractivity contribution in [2.45, 2.75) is 26.7 Å². The maximum atomic E-state index is 10.6. The molecule has 0 spiro atoms. The summed E-state index contributed by atoms with van der Waals surface area (Å²) in [5, 5.41) is 8.69. The van der Waals surface area contributed by atoms with Crippen LogP contribution in [0.15, 0.2) is 24.4 Å². The van der Waals surface area contributed by atoms with Gasteiger partial charge in [-0.3, -0.25) is 4.79 Å². The number of nitrogens with one attached hydrogen (secondary N) is 1. The van der Waals surface area contributed by atoms with Crippen LogP contribution in [0.2, 0.25) is 0 Å². The summed E-state index contributed by atoms with van der Waals surface area (Å²) >= 11 is 0. The summed E-state index contributed by atoms with van der Waals surface area (Å²) in [7, 11) is 0. The molecule has 0 aliphatic heterocycles. The third-order valence-electron chi connectivity index (χ3n) is 2.88. The third kappa shape index (κ3) is 2.97. The average Bonchev–Trinajstić information content (AvgIpc) is 2.69. The summed E-state index contributed by atoms with van der Waals surface area (Å²) in [5.74, 6) is -0.0464. The second-order valence-electron chi connectivity index (χ2n) is 4.53. The number of rotatable bonds is 4. The van der Waals surface area contributed by atoms with E-state index in [2.05, 4.69) is 42.0 Å². The lowest BCUT2D eigenvalue weighted by atomic mass is 10.0. The Balaban J connectivity index is 2.13. The number of hydrogen-bond acceptors (Lipinski definition) is 2. The smallest absolute Gasteiger partial charge is 0.309 e. The van der Waals surface area contributed by atoms with E-state index in [-0.39, 0.29) is 6.42 Å². The largest absolute Gasteiger partial charge is 0.481 e. The fourth-order valence-electron chi connectivity index (χ4n) is 1.97. The quantitative estimate of drug-likeness (QED) is 0.866. The van der Waals surface area contributed by atoms with Crippen LogP contribution in [0.1, 0.15) is 28.2 Å². The first kappa shape index (κ1) is 12.4. The van der Waals surface area contributed by atoms with Gasteiger partial charge < -0.3 is 10.1 Å². The molecule has 0 aliphatic carbocycles. The Kier molecular flexibility index (Phi) is 3.46. The molecule has 2 aromatic rings. The van der Waals surface area contributed by atoms with Crippen LogP contribution in [-0.4, -0.2) is 21.0 Å². The molecule has 1 aromatic heterocycles. The monoisotopic (exact) mass is 244 g/mol. The first-order valence-corrected chi connectivity index (χ1v) is 5.85. The fraction of sp³-hybridized carbons (Fsp3) is 0.286. The molecule has 2 rings (SSSR count). The van der Waals surface area contributed by atoms with Crippen LogP contribution >= 0.6 is 0 Å². The molecule has 0 radical (unpaired) electrons. The number of carboxylic acid groups (broad SMARTS) is 1. The summed E-state index contributed by atoms with van der Waals surface area (Å²) in [5.41, 5.74) is 4.31. The first-order chi connectivity index (χ1) is 8.54. The molecule has 2 N–H and O–H groups in total. The molecular weight excluding hydrogens is 228 g/mol. The Hall–Kier alpha value is -2.10. The molecule has 0 fully saturated rings. The van der Waals surface area contributed by atoms with E-state index < -0.39 is 5.97 Å². The van der Waals surface area contributed by atoms with Crippen molar-refractivity contribution in [1.29, 1.82) is 0 Å². The van der Waals surface area contributed by atoms with Gasteiger partial charge in [0.2, 0.25) is 0 Å². The highest BCUT2D eigenvalue weighted by Gasteiger charge is 2.07. The molecule has 0 saturated heterocycles. The van der Waals surface area contributed by atoms with Crippen LogP contribution < -0.4 is 0 Å². The predicted molar refractivity (Wildman–Crippen MR) is 68.6 cm³/mol. The van der Waals surface area contributed by atoms with Crippen LogP contribution in [0, 0.1) is 13.8 Å². The Morgan fingerprint density at radius 1 is 1.39 bits per heavy atom. The molecule has 0 unspecified atom stereocenters. The molecule has 4 heteroatoms. The number of carboxylic acids is 1. The molecule has 0 amide bonds. The van der Waals surface area contributed by atoms with E-state index in [1.807, 2.05) is 0 Å². The summed E-state index contributed by atoms with van der Waals surface area (Å²) in [4.78, 5) is 17.8. The molecule has 0 saturated carbocycles.